The first-order chi connectivity index (χ1) is 16.0. The molecule has 0 aromatic rings. The van der Waals surface area contributed by atoms with Gasteiger partial charge in [-0.2, -0.15) is 0 Å². The van der Waals surface area contributed by atoms with Crippen LogP contribution in [0.4, 0.5) is 0 Å². The molecule has 3 rings (SSSR count). The molecule has 0 saturated carbocycles. The molecule has 3 heterocycles. The van der Waals surface area contributed by atoms with Crippen molar-refractivity contribution in [2.75, 3.05) is 19.8 Å². The van der Waals surface area contributed by atoms with Gasteiger partial charge in [-0.1, -0.05) is 0 Å². The van der Waals surface area contributed by atoms with Crippen molar-refractivity contribution in [2.45, 2.75) is 92.1 Å². The minimum Gasteiger partial charge on any atom is -0.394 e. The monoisotopic (exact) mass is 504 g/mol. The maximum atomic E-state index is 10.6. The van der Waals surface area contributed by atoms with Gasteiger partial charge in [0, 0.05) is 0 Å². The van der Waals surface area contributed by atoms with Crippen molar-refractivity contribution in [1.82, 2.24) is 0 Å². The van der Waals surface area contributed by atoms with E-state index in [1.807, 2.05) is 0 Å². The summed E-state index contributed by atoms with van der Waals surface area (Å²) in [7, 11) is 0. The van der Waals surface area contributed by atoms with Gasteiger partial charge in [-0.25, -0.2) is 0 Å². The van der Waals surface area contributed by atoms with Crippen molar-refractivity contribution in [3.05, 3.63) is 0 Å². The maximum Gasteiger partial charge on any atom is 0.187 e. The van der Waals surface area contributed by atoms with Gasteiger partial charge < -0.3 is 79.9 Å². The predicted octanol–water partition coefficient (Wildman–Crippen LogP) is -7.57. The Morgan fingerprint density at radius 3 is 1.47 bits per heavy atom. The second-order valence-corrected chi connectivity index (χ2v) is 8.33. The highest BCUT2D eigenvalue weighted by atomic mass is 16.8. The van der Waals surface area contributed by atoms with E-state index in [4.69, 9.17) is 23.7 Å². The average molecular weight is 504 g/mol. The Bertz CT molecular complexity index is 639. The van der Waals surface area contributed by atoms with Crippen molar-refractivity contribution < 1.29 is 79.9 Å². The van der Waals surface area contributed by atoms with E-state index < -0.39 is 112 Å². The molecule has 0 radical (unpaired) electrons. The first kappa shape index (κ1) is 27.9. The molecule has 200 valence electrons. The van der Waals surface area contributed by atoms with E-state index in [0.29, 0.717) is 0 Å². The molecule has 3 aliphatic rings. The average Bonchev–Trinajstić information content (AvgIpc) is 2.83. The van der Waals surface area contributed by atoms with Crippen LogP contribution in [0.5, 0.6) is 0 Å². The standard InChI is InChI=1S/C18H32O16/c19-1-4-7(22)10(25)12(27)17(31-4)34-15-11(26)8(23)5(2-20)32-18(15)33-14-9(24)6(3-21)30-16(29)13(14)28/h4-29H,1-3H2/t4-,5-,6-,7-,8-,9-,10+,11+,12-,13-,14+,15-,16+,17+,18-/m1/s1. The van der Waals surface area contributed by atoms with E-state index >= 15 is 0 Å². The number of hydrogen-bond acceptors (Lipinski definition) is 16. The minimum atomic E-state index is -1.89. The largest absolute Gasteiger partial charge is 0.394 e. The van der Waals surface area contributed by atoms with Crippen LogP contribution in [0.2, 0.25) is 0 Å². The molecule has 0 unspecified atom stereocenters. The van der Waals surface area contributed by atoms with E-state index in [2.05, 4.69) is 0 Å². The molecule has 3 saturated heterocycles. The molecule has 0 aromatic heterocycles. The van der Waals surface area contributed by atoms with Crippen molar-refractivity contribution >= 4 is 0 Å². The van der Waals surface area contributed by atoms with Gasteiger partial charge in [-0.15, -0.1) is 0 Å². The normalized spacial score (nSPS) is 52.5. The highest BCUT2D eigenvalue weighted by Gasteiger charge is 2.53. The lowest BCUT2D eigenvalue weighted by atomic mass is 9.96. The SMILES string of the molecule is OC[C@H]1O[C@@H](O[C@H]2[C@@H](O[C@@H]3[C@@H](O)[C@@H](O)O[C@H](CO)[C@H]3O)O[C@H](CO)[C@@H](O)[C@@H]2O)[C@H](O)[C@@H](O)[C@@H]1O. The Morgan fingerprint density at radius 2 is 0.912 bits per heavy atom. The topological polar surface area (TPSA) is 269 Å². The number of rotatable bonds is 7. The molecule has 0 aliphatic carbocycles. The summed E-state index contributed by atoms with van der Waals surface area (Å²) in [6.45, 7) is -2.34. The number of ether oxygens (including phenoxy) is 5. The van der Waals surface area contributed by atoms with Gasteiger partial charge in [0.05, 0.1) is 19.8 Å². The summed E-state index contributed by atoms with van der Waals surface area (Å²) in [6, 6.07) is 0. The number of aliphatic hydroxyl groups is 11. The van der Waals surface area contributed by atoms with Crippen molar-refractivity contribution in [3.8, 4) is 0 Å². The van der Waals surface area contributed by atoms with Crippen molar-refractivity contribution in [3.63, 3.8) is 0 Å². The first-order valence-electron chi connectivity index (χ1n) is 10.6. The maximum absolute atomic E-state index is 10.6. The van der Waals surface area contributed by atoms with Gasteiger partial charge in [0.25, 0.3) is 0 Å². The molecule has 34 heavy (non-hydrogen) atoms. The van der Waals surface area contributed by atoms with Gasteiger partial charge in [-0.3, -0.25) is 0 Å². The van der Waals surface area contributed by atoms with Crippen LogP contribution in [0.25, 0.3) is 0 Å². The molecule has 11 N–H and O–H groups in total. The predicted molar refractivity (Wildman–Crippen MR) is 101 cm³/mol. The summed E-state index contributed by atoms with van der Waals surface area (Å²) < 4.78 is 26.5. The van der Waals surface area contributed by atoms with E-state index in [0.717, 1.165) is 0 Å². The summed E-state index contributed by atoms with van der Waals surface area (Å²) in [6.07, 6.45) is -25.7. The van der Waals surface area contributed by atoms with Gasteiger partial charge in [-0.05, 0) is 0 Å². The molecule has 15 atom stereocenters. The van der Waals surface area contributed by atoms with Crippen LogP contribution in [0, 0.1) is 0 Å². The third kappa shape index (κ3) is 5.37. The molecule has 3 aliphatic heterocycles. The highest BCUT2D eigenvalue weighted by molar-refractivity contribution is 4.96. The van der Waals surface area contributed by atoms with Crippen LogP contribution >= 0.6 is 0 Å². The summed E-state index contributed by atoms with van der Waals surface area (Å²) in [5, 5.41) is 110. The van der Waals surface area contributed by atoms with Crippen molar-refractivity contribution in [1.29, 1.82) is 0 Å². The Balaban J connectivity index is 1.84. The smallest absolute Gasteiger partial charge is 0.187 e. The first-order valence-corrected chi connectivity index (χ1v) is 10.6. The van der Waals surface area contributed by atoms with Crippen LogP contribution in [0.3, 0.4) is 0 Å². The Kier molecular flexibility index (Phi) is 9.54. The lowest BCUT2D eigenvalue weighted by molar-refractivity contribution is -0.387. The lowest BCUT2D eigenvalue weighted by Gasteiger charge is -2.48. The molecular weight excluding hydrogens is 472 g/mol. The van der Waals surface area contributed by atoms with Gasteiger partial charge in [0.15, 0.2) is 18.9 Å². The molecule has 3 fully saturated rings. The van der Waals surface area contributed by atoms with Gasteiger partial charge in [0.2, 0.25) is 0 Å². The van der Waals surface area contributed by atoms with Crippen molar-refractivity contribution in [2.24, 2.45) is 0 Å². The van der Waals surface area contributed by atoms with Gasteiger partial charge >= 0.3 is 0 Å². The highest BCUT2D eigenvalue weighted by Crippen LogP contribution is 2.32. The zero-order chi connectivity index (χ0) is 25.3. The van der Waals surface area contributed by atoms with E-state index in [9.17, 15) is 56.2 Å². The van der Waals surface area contributed by atoms with Crippen LogP contribution in [-0.2, 0) is 23.7 Å². The van der Waals surface area contributed by atoms with E-state index in [1.54, 1.807) is 0 Å². The zero-order valence-electron chi connectivity index (χ0n) is 17.7. The fourth-order valence-corrected chi connectivity index (χ4v) is 4.03. The Hall–Kier alpha value is -0.640. The number of hydrogen-bond donors (Lipinski definition) is 11. The third-order valence-corrected chi connectivity index (χ3v) is 6.10. The van der Waals surface area contributed by atoms with Crippen LogP contribution < -0.4 is 0 Å². The van der Waals surface area contributed by atoms with Crippen LogP contribution in [0.1, 0.15) is 0 Å². The zero-order valence-corrected chi connectivity index (χ0v) is 17.7. The van der Waals surface area contributed by atoms with E-state index in [1.165, 1.54) is 0 Å². The number of aliphatic hydroxyl groups excluding tert-OH is 11. The molecule has 0 amide bonds. The molecule has 0 aromatic carbocycles. The second kappa shape index (κ2) is 11.6. The summed E-state index contributed by atoms with van der Waals surface area (Å²) in [5.41, 5.74) is 0. The second-order valence-electron chi connectivity index (χ2n) is 8.33. The Morgan fingerprint density at radius 1 is 0.441 bits per heavy atom. The van der Waals surface area contributed by atoms with Gasteiger partial charge in [0.1, 0.15) is 73.2 Å². The minimum absolute atomic E-state index is 0.762. The van der Waals surface area contributed by atoms with Crippen LogP contribution in [-0.4, -0.2) is 168 Å². The fraction of sp³-hybridized carbons (Fsp3) is 1.00. The molecule has 16 nitrogen and oxygen atoms in total. The Labute approximate surface area is 192 Å². The summed E-state index contributed by atoms with van der Waals surface area (Å²) >= 11 is 0. The summed E-state index contributed by atoms with van der Waals surface area (Å²) in [4.78, 5) is 0. The fourth-order valence-electron chi connectivity index (χ4n) is 4.03. The molecule has 16 heteroatoms. The quantitative estimate of drug-likeness (QED) is 0.154. The molecule has 0 spiro atoms. The van der Waals surface area contributed by atoms with Crippen LogP contribution in [0.15, 0.2) is 0 Å². The molecular formula is C18H32O16. The lowest BCUT2D eigenvalue weighted by Crippen LogP contribution is -2.67. The summed E-state index contributed by atoms with van der Waals surface area (Å²) in [5.74, 6) is 0. The molecule has 0 bridgehead atoms. The third-order valence-electron chi connectivity index (χ3n) is 6.10. The van der Waals surface area contributed by atoms with E-state index in [-0.39, 0.29) is 0 Å².